The second-order valence-electron chi connectivity index (χ2n) is 2.52. The summed E-state index contributed by atoms with van der Waals surface area (Å²) in [5, 5.41) is 0. The third kappa shape index (κ3) is 1.67. The Hall–Kier alpha value is -0.300. The molecule has 0 fully saturated rings. The van der Waals surface area contributed by atoms with Crippen molar-refractivity contribution in [1.82, 2.24) is 9.38 Å². The largest absolute Gasteiger partial charge is 0.495 e. The lowest BCUT2D eigenvalue weighted by Gasteiger charge is -2.01. The van der Waals surface area contributed by atoms with Crippen LogP contribution in [-0.4, -0.2) is 16.5 Å². The summed E-state index contributed by atoms with van der Waals surface area (Å²) in [4.78, 5) is 4.34. The number of nitrogens with zero attached hydrogens (tertiary/aromatic N) is 2. The molecule has 0 saturated carbocycles. The Morgan fingerprint density at radius 2 is 2.31 bits per heavy atom. The molecule has 0 aliphatic rings. The summed E-state index contributed by atoms with van der Waals surface area (Å²) in [6, 6.07) is 1.90. The summed E-state index contributed by atoms with van der Waals surface area (Å²) in [6.07, 6.45) is 3.85. The van der Waals surface area contributed by atoms with Crippen molar-refractivity contribution in [3.05, 3.63) is 26.6 Å². The van der Waals surface area contributed by atoms with Gasteiger partial charge in [0, 0.05) is 6.20 Å². The summed E-state index contributed by atoms with van der Waals surface area (Å²) in [7, 11) is 1.65. The van der Waals surface area contributed by atoms with Gasteiger partial charge in [0.2, 0.25) is 0 Å². The number of rotatable bonds is 1. The van der Waals surface area contributed by atoms with E-state index in [1.165, 1.54) is 0 Å². The molecule has 0 atom stereocenters. The SMILES string of the molecule is COc1cc(Br)c2nc(I)cn2c1. The topological polar surface area (TPSA) is 26.5 Å². The lowest BCUT2D eigenvalue weighted by molar-refractivity contribution is 0.412. The maximum absolute atomic E-state index is 5.13. The van der Waals surface area contributed by atoms with Crippen molar-refractivity contribution in [2.45, 2.75) is 0 Å². The zero-order chi connectivity index (χ0) is 9.42. The number of aromatic nitrogens is 2. The summed E-state index contributed by atoms with van der Waals surface area (Å²) < 4.78 is 8.97. The Kier molecular flexibility index (Phi) is 2.46. The molecule has 0 unspecified atom stereocenters. The maximum atomic E-state index is 5.13. The molecule has 0 radical (unpaired) electrons. The highest BCUT2D eigenvalue weighted by atomic mass is 127. The highest BCUT2D eigenvalue weighted by Crippen LogP contribution is 2.23. The van der Waals surface area contributed by atoms with E-state index in [0.717, 1.165) is 19.6 Å². The van der Waals surface area contributed by atoms with Crippen LogP contribution in [0.1, 0.15) is 0 Å². The predicted octanol–water partition coefficient (Wildman–Crippen LogP) is 2.71. The minimum atomic E-state index is 0.813. The second-order valence-corrected chi connectivity index (χ2v) is 4.48. The third-order valence-electron chi connectivity index (χ3n) is 1.69. The minimum Gasteiger partial charge on any atom is -0.495 e. The van der Waals surface area contributed by atoms with Gasteiger partial charge in [0.05, 0.1) is 17.8 Å². The van der Waals surface area contributed by atoms with Gasteiger partial charge in [-0.25, -0.2) is 4.98 Å². The first kappa shape index (κ1) is 9.26. The highest BCUT2D eigenvalue weighted by Gasteiger charge is 2.04. The number of imidazole rings is 1. The molecule has 0 N–H and O–H groups in total. The molecule has 0 aromatic carbocycles. The van der Waals surface area contributed by atoms with E-state index >= 15 is 0 Å². The van der Waals surface area contributed by atoms with Crippen LogP contribution in [-0.2, 0) is 0 Å². The standard InChI is InChI=1S/C8H6BrIN2O/c1-13-5-2-6(9)8-11-7(10)4-12(8)3-5/h2-4H,1H3. The van der Waals surface area contributed by atoms with Crippen molar-refractivity contribution >= 4 is 44.2 Å². The van der Waals surface area contributed by atoms with Gasteiger partial charge in [0.25, 0.3) is 0 Å². The average molecular weight is 353 g/mol. The van der Waals surface area contributed by atoms with Crippen LogP contribution < -0.4 is 4.74 Å². The third-order valence-corrected chi connectivity index (χ3v) is 2.79. The smallest absolute Gasteiger partial charge is 0.152 e. The van der Waals surface area contributed by atoms with Crippen LogP contribution in [0.4, 0.5) is 0 Å². The van der Waals surface area contributed by atoms with Crippen LogP contribution >= 0.6 is 38.5 Å². The molecule has 2 aromatic heterocycles. The lowest BCUT2D eigenvalue weighted by atomic mass is 10.4. The molecule has 0 spiro atoms. The highest BCUT2D eigenvalue weighted by molar-refractivity contribution is 14.1. The molecular weight excluding hydrogens is 347 g/mol. The molecule has 0 amide bonds. The second kappa shape index (κ2) is 3.45. The lowest BCUT2D eigenvalue weighted by Crippen LogP contribution is -1.88. The Bertz CT molecular complexity index is 455. The van der Waals surface area contributed by atoms with E-state index in [1.807, 2.05) is 22.9 Å². The molecule has 0 aliphatic carbocycles. The predicted molar refractivity (Wildman–Crippen MR) is 62.2 cm³/mol. The normalized spacial score (nSPS) is 10.7. The van der Waals surface area contributed by atoms with Crippen molar-refractivity contribution in [2.75, 3.05) is 7.11 Å². The fraction of sp³-hybridized carbons (Fsp3) is 0.125. The summed E-state index contributed by atoms with van der Waals surface area (Å²) in [6.45, 7) is 0. The van der Waals surface area contributed by atoms with Crippen molar-refractivity contribution < 1.29 is 4.74 Å². The number of halogens is 2. The molecule has 0 bridgehead atoms. The van der Waals surface area contributed by atoms with Crippen molar-refractivity contribution in [3.8, 4) is 5.75 Å². The first-order valence-corrected chi connectivity index (χ1v) is 5.45. The van der Waals surface area contributed by atoms with Crippen molar-refractivity contribution in [2.24, 2.45) is 0 Å². The van der Waals surface area contributed by atoms with Gasteiger partial charge in [-0.1, -0.05) is 0 Å². The number of pyridine rings is 1. The number of hydrogen-bond acceptors (Lipinski definition) is 2. The van der Waals surface area contributed by atoms with Gasteiger partial charge < -0.3 is 9.14 Å². The van der Waals surface area contributed by atoms with E-state index in [9.17, 15) is 0 Å². The van der Waals surface area contributed by atoms with Crippen LogP contribution in [0.5, 0.6) is 5.75 Å². The van der Waals surface area contributed by atoms with Crippen LogP contribution in [0.25, 0.3) is 5.65 Å². The van der Waals surface area contributed by atoms with Crippen molar-refractivity contribution in [3.63, 3.8) is 0 Å². The maximum Gasteiger partial charge on any atom is 0.152 e. The van der Waals surface area contributed by atoms with E-state index in [4.69, 9.17) is 4.74 Å². The summed E-state index contributed by atoms with van der Waals surface area (Å²) in [5.41, 5.74) is 0.908. The number of hydrogen-bond donors (Lipinski definition) is 0. The first-order chi connectivity index (χ1) is 6.20. The quantitative estimate of drug-likeness (QED) is 0.738. The van der Waals surface area contributed by atoms with Gasteiger partial charge in [-0.05, 0) is 44.6 Å². The molecule has 0 aliphatic heterocycles. The summed E-state index contributed by atoms with van der Waals surface area (Å²) >= 11 is 5.61. The fourth-order valence-electron chi connectivity index (χ4n) is 1.11. The van der Waals surface area contributed by atoms with E-state index < -0.39 is 0 Å². The molecule has 0 saturated heterocycles. The Morgan fingerprint density at radius 3 is 3.00 bits per heavy atom. The van der Waals surface area contributed by atoms with E-state index in [1.54, 1.807) is 7.11 Å². The van der Waals surface area contributed by atoms with Gasteiger partial charge in [-0.15, -0.1) is 0 Å². The Labute approximate surface area is 97.4 Å². The van der Waals surface area contributed by atoms with Gasteiger partial charge in [0.15, 0.2) is 5.65 Å². The van der Waals surface area contributed by atoms with Gasteiger partial charge in [-0.3, -0.25) is 0 Å². The Balaban J connectivity index is 2.75. The zero-order valence-electron chi connectivity index (χ0n) is 6.79. The molecule has 13 heavy (non-hydrogen) atoms. The molecule has 5 heteroatoms. The fourth-order valence-corrected chi connectivity index (χ4v) is 2.16. The van der Waals surface area contributed by atoms with Gasteiger partial charge in [-0.2, -0.15) is 0 Å². The van der Waals surface area contributed by atoms with E-state index in [-0.39, 0.29) is 0 Å². The average Bonchev–Trinajstić information content (AvgIpc) is 2.46. The first-order valence-electron chi connectivity index (χ1n) is 3.58. The number of fused-ring (bicyclic) bond motifs is 1. The number of methoxy groups -OCH3 is 1. The molecule has 2 rings (SSSR count). The molecule has 2 aromatic rings. The Morgan fingerprint density at radius 1 is 1.54 bits per heavy atom. The van der Waals surface area contributed by atoms with E-state index in [2.05, 4.69) is 43.5 Å². The molecule has 68 valence electrons. The van der Waals surface area contributed by atoms with Crippen LogP contribution in [0.15, 0.2) is 22.9 Å². The van der Waals surface area contributed by atoms with Crippen LogP contribution in [0.3, 0.4) is 0 Å². The van der Waals surface area contributed by atoms with Gasteiger partial charge in [0.1, 0.15) is 9.45 Å². The number of ether oxygens (including phenoxy) is 1. The summed E-state index contributed by atoms with van der Waals surface area (Å²) in [5.74, 6) is 0.813. The minimum absolute atomic E-state index is 0.813. The monoisotopic (exact) mass is 352 g/mol. The zero-order valence-corrected chi connectivity index (χ0v) is 10.5. The van der Waals surface area contributed by atoms with Gasteiger partial charge >= 0.3 is 0 Å². The van der Waals surface area contributed by atoms with E-state index in [0.29, 0.717) is 0 Å². The van der Waals surface area contributed by atoms with Crippen LogP contribution in [0.2, 0.25) is 0 Å². The molecule has 3 nitrogen and oxygen atoms in total. The van der Waals surface area contributed by atoms with Crippen LogP contribution in [0, 0.1) is 3.70 Å². The van der Waals surface area contributed by atoms with Crippen molar-refractivity contribution in [1.29, 1.82) is 0 Å². The molecular formula is C8H6BrIN2O. The molecule has 2 heterocycles.